The molecule has 0 aliphatic rings. The number of allylic oxidation sites excluding steroid dienone is 1. The van der Waals surface area contributed by atoms with Crippen molar-refractivity contribution in [2.45, 2.75) is 19.1 Å². The van der Waals surface area contributed by atoms with Crippen LogP contribution in [0.3, 0.4) is 0 Å². The summed E-state index contributed by atoms with van der Waals surface area (Å²) in [6.45, 7) is 3.89. The molecular formula is C11H16OSi. The predicted molar refractivity (Wildman–Crippen MR) is 60.0 cm³/mol. The van der Waals surface area contributed by atoms with Crippen molar-refractivity contribution in [2.24, 2.45) is 0 Å². The highest BCUT2D eigenvalue weighted by atomic mass is 28.4. The molecule has 1 aromatic carbocycles. The van der Waals surface area contributed by atoms with Crippen molar-refractivity contribution < 1.29 is 4.80 Å². The first-order valence-electron chi connectivity index (χ1n) is 4.52. The van der Waals surface area contributed by atoms with Gasteiger partial charge in [-0.2, -0.15) is 0 Å². The van der Waals surface area contributed by atoms with Gasteiger partial charge in [0, 0.05) is 0 Å². The molecule has 0 amide bonds. The van der Waals surface area contributed by atoms with Gasteiger partial charge in [-0.15, -0.1) is 0 Å². The fraction of sp³-hybridized carbons (Fsp3) is 0.273. The molecule has 0 saturated heterocycles. The summed E-state index contributed by atoms with van der Waals surface area (Å²) < 4.78 is 0. The van der Waals surface area contributed by atoms with Crippen molar-refractivity contribution in [3.63, 3.8) is 0 Å². The highest BCUT2D eigenvalue weighted by Gasteiger charge is 2.13. The van der Waals surface area contributed by atoms with Crippen molar-refractivity contribution in [1.82, 2.24) is 0 Å². The first-order valence-corrected chi connectivity index (χ1v) is 7.67. The van der Waals surface area contributed by atoms with Crippen LogP contribution in [-0.2, 0) is 0 Å². The molecule has 0 aliphatic carbocycles. The van der Waals surface area contributed by atoms with E-state index in [0.29, 0.717) is 0 Å². The number of benzene rings is 1. The van der Waals surface area contributed by atoms with Crippen LogP contribution in [0.5, 0.6) is 0 Å². The van der Waals surface area contributed by atoms with Gasteiger partial charge in [0.2, 0.25) is 0 Å². The molecule has 13 heavy (non-hydrogen) atoms. The van der Waals surface area contributed by atoms with Crippen molar-refractivity contribution in [3.8, 4) is 0 Å². The van der Waals surface area contributed by atoms with Crippen LogP contribution in [0.25, 0.3) is 6.08 Å². The molecule has 0 bridgehead atoms. The molecule has 0 radical (unpaired) electrons. The lowest BCUT2D eigenvalue weighted by Crippen LogP contribution is -2.22. The third-order valence-electron chi connectivity index (χ3n) is 1.73. The van der Waals surface area contributed by atoms with Crippen LogP contribution in [0.2, 0.25) is 19.1 Å². The second-order valence-electron chi connectivity index (χ2n) is 3.83. The Morgan fingerprint density at radius 2 is 1.85 bits per heavy atom. The normalized spacial score (nSPS) is 12.2. The van der Waals surface area contributed by atoms with E-state index in [0.717, 1.165) is 6.04 Å². The summed E-state index contributed by atoms with van der Waals surface area (Å²) in [5.74, 6) is 0. The molecule has 0 aliphatic heterocycles. The van der Waals surface area contributed by atoms with E-state index in [4.69, 9.17) is 0 Å². The highest BCUT2D eigenvalue weighted by molar-refractivity contribution is 6.70. The van der Waals surface area contributed by atoms with Crippen LogP contribution in [0, 0.1) is 0 Å². The van der Waals surface area contributed by atoms with E-state index in [1.165, 1.54) is 5.56 Å². The van der Waals surface area contributed by atoms with Gasteiger partial charge in [-0.1, -0.05) is 42.5 Å². The van der Waals surface area contributed by atoms with Gasteiger partial charge in [-0.3, -0.25) is 0 Å². The minimum Gasteiger partial charge on any atom is -0.432 e. The SMILES string of the molecule is C[Si](C)(O)C/C=C/c1ccccc1. The summed E-state index contributed by atoms with van der Waals surface area (Å²) in [7, 11) is -1.90. The summed E-state index contributed by atoms with van der Waals surface area (Å²) in [6.07, 6.45) is 4.12. The van der Waals surface area contributed by atoms with E-state index in [1.807, 2.05) is 31.3 Å². The Kier molecular flexibility index (Phi) is 3.45. The van der Waals surface area contributed by atoms with Crippen molar-refractivity contribution in [3.05, 3.63) is 42.0 Å². The largest absolute Gasteiger partial charge is 0.432 e. The number of rotatable bonds is 3. The molecule has 0 aromatic heterocycles. The second kappa shape index (κ2) is 4.39. The highest BCUT2D eigenvalue weighted by Crippen LogP contribution is 2.08. The molecule has 0 heterocycles. The smallest absolute Gasteiger partial charge is 0.186 e. The Morgan fingerprint density at radius 3 is 2.38 bits per heavy atom. The van der Waals surface area contributed by atoms with Gasteiger partial charge in [0.1, 0.15) is 0 Å². The zero-order valence-electron chi connectivity index (χ0n) is 8.20. The predicted octanol–water partition coefficient (Wildman–Crippen LogP) is 2.90. The minimum atomic E-state index is -1.90. The topological polar surface area (TPSA) is 20.2 Å². The van der Waals surface area contributed by atoms with Crippen LogP contribution in [0.4, 0.5) is 0 Å². The van der Waals surface area contributed by atoms with Gasteiger partial charge in [-0.25, -0.2) is 0 Å². The van der Waals surface area contributed by atoms with Gasteiger partial charge in [0.15, 0.2) is 8.32 Å². The Bertz CT molecular complexity index is 272. The van der Waals surface area contributed by atoms with Gasteiger partial charge >= 0.3 is 0 Å². The molecule has 1 N–H and O–H groups in total. The maximum absolute atomic E-state index is 9.58. The lowest BCUT2D eigenvalue weighted by molar-refractivity contribution is 0.555. The molecule has 1 rings (SSSR count). The van der Waals surface area contributed by atoms with E-state index in [2.05, 4.69) is 24.3 Å². The lowest BCUT2D eigenvalue weighted by atomic mass is 10.2. The van der Waals surface area contributed by atoms with Gasteiger partial charge in [-0.05, 0) is 24.7 Å². The van der Waals surface area contributed by atoms with Gasteiger partial charge in [0.05, 0.1) is 0 Å². The van der Waals surface area contributed by atoms with Crippen LogP contribution in [0.1, 0.15) is 5.56 Å². The molecule has 1 aromatic rings. The Balaban J connectivity index is 2.51. The molecule has 0 spiro atoms. The lowest BCUT2D eigenvalue weighted by Gasteiger charge is -2.09. The molecule has 0 unspecified atom stereocenters. The Morgan fingerprint density at radius 1 is 1.23 bits per heavy atom. The molecule has 70 valence electrons. The van der Waals surface area contributed by atoms with Gasteiger partial charge < -0.3 is 4.80 Å². The van der Waals surface area contributed by atoms with Crippen molar-refractivity contribution >= 4 is 14.4 Å². The minimum absolute atomic E-state index is 0.821. The summed E-state index contributed by atoms with van der Waals surface area (Å²) in [4.78, 5) is 9.58. The fourth-order valence-electron chi connectivity index (χ4n) is 1.05. The standard InChI is InChI=1S/C11H16OSi/c1-13(2,12)10-6-9-11-7-4-3-5-8-11/h3-9,12H,10H2,1-2H3/b9-6+. The Labute approximate surface area is 80.9 Å². The third-order valence-corrected chi connectivity index (χ3v) is 2.96. The van der Waals surface area contributed by atoms with Crippen LogP contribution >= 0.6 is 0 Å². The zero-order valence-corrected chi connectivity index (χ0v) is 9.20. The van der Waals surface area contributed by atoms with E-state index in [1.54, 1.807) is 0 Å². The number of hydrogen-bond acceptors (Lipinski definition) is 1. The third kappa shape index (κ3) is 4.65. The zero-order chi connectivity index (χ0) is 9.73. The summed E-state index contributed by atoms with van der Waals surface area (Å²) in [5.41, 5.74) is 1.20. The maximum Gasteiger partial charge on any atom is 0.186 e. The number of hydrogen-bond donors (Lipinski definition) is 1. The average molecular weight is 192 g/mol. The quantitative estimate of drug-likeness (QED) is 0.730. The van der Waals surface area contributed by atoms with Crippen LogP contribution in [0.15, 0.2) is 36.4 Å². The van der Waals surface area contributed by atoms with Crippen LogP contribution < -0.4 is 0 Å². The average Bonchev–Trinajstić information content (AvgIpc) is 2.04. The molecule has 2 heteroatoms. The van der Waals surface area contributed by atoms with E-state index in [-0.39, 0.29) is 0 Å². The van der Waals surface area contributed by atoms with Crippen molar-refractivity contribution in [2.75, 3.05) is 0 Å². The Hall–Kier alpha value is -0.863. The van der Waals surface area contributed by atoms with Crippen LogP contribution in [-0.4, -0.2) is 13.1 Å². The van der Waals surface area contributed by atoms with E-state index >= 15 is 0 Å². The van der Waals surface area contributed by atoms with E-state index < -0.39 is 8.32 Å². The summed E-state index contributed by atoms with van der Waals surface area (Å²) >= 11 is 0. The molecular weight excluding hydrogens is 176 g/mol. The monoisotopic (exact) mass is 192 g/mol. The maximum atomic E-state index is 9.58. The summed E-state index contributed by atoms with van der Waals surface area (Å²) in [5, 5.41) is 0. The summed E-state index contributed by atoms with van der Waals surface area (Å²) in [6, 6.07) is 11.0. The molecule has 0 saturated carbocycles. The van der Waals surface area contributed by atoms with Gasteiger partial charge in [0.25, 0.3) is 0 Å². The van der Waals surface area contributed by atoms with Crippen molar-refractivity contribution in [1.29, 1.82) is 0 Å². The molecule has 0 fully saturated rings. The van der Waals surface area contributed by atoms with E-state index in [9.17, 15) is 4.80 Å². The first kappa shape index (κ1) is 10.2. The first-order chi connectivity index (χ1) is 6.08. The fourth-order valence-corrected chi connectivity index (χ4v) is 1.74. The molecule has 1 nitrogen and oxygen atoms in total. The second-order valence-corrected chi connectivity index (χ2v) is 7.86. The molecule has 0 atom stereocenters.